The highest BCUT2D eigenvalue weighted by molar-refractivity contribution is 7.21. The van der Waals surface area contributed by atoms with Gasteiger partial charge in [0, 0.05) is 21.2 Å². The lowest BCUT2D eigenvalue weighted by Gasteiger charge is -2.06. The van der Waals surface area contributed by atoms with Crippen molar-refractivity contribution in [1.29, 1.82) is 0 Å². The topological polar surface area (TPSA) is 35.5 Å². The van der Waals surface area contributed by atoms with E-state index in [1.165, 1.54) is 11.3 Å². The molecule has 0 N–H and O–H groups in total. The number of rotatable bonds is 5. The number of ether oxygens (including phenoxy) is 2. The standard InChI is InChI=1S/C23H18O3S/c1-25-17-10-8-16(9-11-17)22(24)23-21(15-6-4-3-5-7-15)19-14-18(26-2)12-13-20(19)27-23/h3-14H,1-2H3. The third kappa shape index (κ3) is 3.20. The number of carbonyl (C=O) groups is 1. The van der Waals surface area contributed by atoms with E-state index in [1.807, 2.05) is 60.7 Å². The smallest absolute Gasteiger partial charge is 0.203 e. The first-order chi connectivity index (χ1) is 13.2. The summed E-state index contributed by atoms with van der Waals surface area (Å²) in [5.74, 6) is 1.52. The summed E-state index contributed by atoms with van der Waals surface area (Å²) >= 11 is 1.51. The van der Waals surface area contributed by atoms with E-state index in [0.29, 0.717) is 5.56 Å². The van der Waals surface area contributed by atoms with Gasteiger partial charge in [0.05, 0.1) is 19.1 Å². The van der Waals surface area contributed by atoms with Crippen molar-refractivity contribution < 1.29 is 14.3 Å². The van der Waals surface area contributed by atoms with Crippen LogP contribution in [0.4, 0.5) is 0 Å². The quantitative estimate of drug-likeness (QED) is 0.413. The number of hydrogen-bond donors (Lipinski definition) is 0. The Kier molecular flexibility index (Phi) is 4.65. The SMILES string of the molecule is COc1ccc(C(=O)c2sc3ccc(OC)cc3c2-c2ccccc2)cc1. The minimum Gasteiger partial charge on any atom is -0.497 e. The van der Waals surface area contributed by atoms with Crippen LogP contribution in [-0.2, 0) is 0 Å². The fourth-order valence-electron chi connectivity index (χ4n) is 3.13. The lowest BCUT2D eigenvalue weighted by atomic mass is 9.98. The molecule has 0 spiro atoms. The van der Waals surface area contributed by atoms with Crippen molar-refractivity contribution in [3.8, 4) is 22.6 Å². The number of methoxy groups -OCH3 is 2. The predicted molar refractivity (Wildman–Crippen MR) is 110 cm³/mol. The van der Waals surface area contributed by atoms with Crippen LogP contribution in [0, 0.1) is 0 Å². The maximum Gasteiger partial charge on any atom is 0.203 e. The molecule has 0 saturated carbocycles. The van der Waals surface area contributed by atoms with Gasteiger partial charge in [-0.1, -0.05) is 30.3 Å². The first-order valence-corrected chi connectivity index (χ1v) is 9.37. The van der Waals surface area contributed by atoms with Crippen molar-refractivity contribution in [3.63, 3.8) is 0 Å². The molecular formula is C23H18O3S. The monoisotopic (exact) mass is 374 g/mol. The average Bonchev–Trinajstić information content (AvgIpc) is 3.12. The molecule has 0 aliphatic heterocycles. The molecule has 4 heteroatoms. The maximum absolute atomic E-state index is 13.3. The summed E-state index contributed by atoms with van der Waals surface area (Å²) in [6.07, 6.45) is 0. The van der Waals surface area contributed by atoms with Gasteiger partial charge in [-0.3, -0.25) is 4.79 Å². The largest absolute Gasteiger partial charge is 0.497 e. The van der Waals surface area contributed by atoms with Crippen LogP contribution in [0.15, 0.2) is 72.8 Å². The third-order valence-electron chi connectivity index (χ3n) is 4.52. The van der Waals surface area contributed by atoms with Gasteiger partial charge in [0.25, 0.3) is 0 Å². The van der Waals surface area contributed by atoms with Crippen LogP contribution in [0.2, 0.25) is 0 Å². The van der Waals surface area contributed by atoms with Gasteiger partial charge >= 0.3 is 0 Å². The van der Waals surface area contributed by atoms with E-state index in [9.17, 15) is 4.79 Å². The van der Waals surface area contributed by atoms with E-state index >= 15 is 0 Å². The van der Waals surface area contributed by atoms with Gasteiger partial charge in [0.15, 0.2) is 0 Å². The number of fused-ring (bicyclic) bond motifs is 1. The Morgan fingerprint density at radius 1 is 0.815 bits per heavy atom. The molecule has 1 aromatic heterocycles. The molecule has 0 bridgehead atoms. The van der Waals surface area contributed by atoms with Gasteiger partial charge in [-0.05, 0) is 48.0 Å². The highest BCUT2D eigenvalue weighted by Gasteiger charge is 2.21. The minimum absolute atomic E-state index is 0.0108. The van der Waals surface area contributed by atoms with Crippen molar-refractivity contribution in [2.45, 2.75) is 0 Å². The van der Waals surface area contributed by atoms with Crippen molar-refractivity contribution >= 4 is 27.2 Å². The Morgan fingerprint density at radius 3 is 2.15 bits per heavy atom. The van der Waals surface area contributed by atoms with Crippen molar-refractivity contribution in [1.82, 2.24) is 0 Å². The van der Waals surface area contributed by atoms with E-state index in [4.69, 9.17) is 9.47 Å². The number of benzene rings is 3. The molecule has 0 atom stereocenters. The van der Waals surface area contributed by atoms with Crippen LogP contribution < -0.4 is 9.47 Å². The zero-order valence-corrected chi connectivity index (χ0v) is 15.9. The number of ketones is 1. The molecule has 134 valence electrons. The first-order valence-electron chi connectivity index (χ1n) is 8.56. The molecule has 0 radical (unpaired) electrons. The van der Waals surface area contributed by atoms with Crippen LogP contribution >= 0.6 is 11.3 Å². The van der Waals surface area contributed by atoms with Crippen LogP contribution in [0.3, 0.4) is 0 Å². The second-order valence-corrected chi connectivity index (χ2v) is 7.14. The summed E-state index contributed by atoms with van der Waals surface area (Å²) in [6, 6.07) is 23.2. The molecule has 3 aromatic carbocycles. The second-order valence-electron chi connectivity index (χ2n) is 6.09. The molecule has 0 amide bonds. The first kappa shape index (κ1) is 17.3. The second kappa shape index (κ2) is 7.25. The maximum atomic E-state index is 13.3. The summed E-state index contributed by atoms with van der Waals surface area (Å²) in [5, 5.41) is 1.03. The van der Waals surface area contributed by atoms with Gasteiger partial charge in [0.2, 0.25) is 5.78 Å². The summed E-state index contributed by atoms with van der Waals surface area (Å²) in [5.41, 5.74) is 2.62. The molecule has 0 aliphatic rings. The van der Waals surface area contributed by atoms with E-state index in [2.05, 4.69) is 0 Å². The lowest BCUT2D eigenvalue weighted by Crippen LogP contribution is -2.00. The molecule has 0 unspecified atom stereocenters. The highest BCUT2D eigenvalue weighted by atomic mass is 32.1. The summed E-state index contributed by atoms with van der Waals surface area (Å²) in [4.78, 5) is 14.0. The van der Waals surface area contributed by atoms with Gasteiger partial charge in [-0.25, -0.2) is 0 Å². The third-order valence-corrected chi connectivity index (χ3v) is 5.69. The van der Waals surface area contributed by atoms with Crippen LogP contribution in [0.25, 0.3) is 21.2 Å². The molecule has 0 saturated heterocycles. The lowest BCUT2D eigenvalue weighted by molar-refractivity contribution is 0.104. The van der Waals surface area contributed by atoms with Crippen LogP contribution in [0.1, 0.15) is 15.2 Å². The number of carbonyl (C=O) groups excluding carboxylic acids is 1. The van der Waals surface area contributed by atoms with Gasteiger partial charge < -0.3 is 9.47 Å². The summed E-state index contributed by atoms with van der Waals surface area (Å²) in [6.45, 7) is 0. The molecule has 4 rings (SSSR count). The Labute approximate surface area is 161 Å². The fourth-order valence-corrected chi connectivity index (χ4v) is 4.30. The Balaban J connectivity index is 1.92. The molecule has 3 nitrogen and oxygen atoms in total. The van der Waals surface area contributed by atoms with Gasteiger partial charge in [0.1, 0.15) is 11.5 Å². The zero-order valence-electron chi connectivity index (χ0n) is 15.1. The van der Waals surface area contributed by atoms with Crippen LogP contribution in [0.5, 0.6) is 11.5 Å². The Bertz CT molecular complexity index is 1100. The number of thiophene rings is 1. The molecule has 0 aliphatic carbocycles. The van der Waals surface area contributed by atoms with E-state index in [1.54, 1.807) is 26.4 Å². The predicted octanol–water partition coefficient (Wildman–Crippen LogP) is 5.82. The molecular weight excluding hydrogens is 356 g/mol. The molecule has 1 heterocycles. The van der Waals surface area contributed by atoms with E-state index < -0.39 is 0 Å². The molecule has 4 aromatic rings. The minimum atomic E-state index is 0.0108. The van der Waals surface area contributed by atoms with Gasteiger partial charge in [-0.15, -0.1) is 11.3 Å². The molecule has 27 heavy (non-hydrogen) atoms. The summed E-state index contributed by atoms with van der Waals surface area (Å²) in [7, 11) is 3.27. The number of hydrogen-bond acceptors (Lipinski definition) is 4. The van der Waals surface area contributed by atoms with Crippen LogP contribution in [-0.4, -0.2) is 20.0 Å². The summed E-state index contributed by atoms with van der Waals surface area (Å²) < 4.78 is 11.7. The van der Waals surface area contributed by atoms with Crippen molar-refractivity contribution in [3.05, 3.63) is 83.2 Å². The normalized spacial score (nSPS) is 10.7. The van der Waals surface area contributed by atoms with Gasteiger partial charge in [-0.2, -0.15) is 0 Å². The molecule has 0 fully saturated rings. The fraction of sp³-hybridized carbons (Fsp3) is 0.0870. The van der Waals surface area contributed by atoms with Crippen molar-refractivity contribution in [2.75, 3.05) is 14.2 Å². The Morgan fingerprint density at radius 2 is 1.48 bits per heavy atom. The average molecular weight is 374 g/mol. The Hall–Kier alpha value is -3.11. The zero-order chi connectivity index (χ0) is 18.8. The van der Waals surface area contributed by atoms with Crippen molar-refractivity contribution in [2.24, 2.45) is 0 Å². The van der Waals surface area contributed by atoms with E-state index in [-0.39, 0.29) is 5.78 Å². The highest BCUT2D eigenvalue weighted by Crippen LogP contribution is 2.41. The van der Waals surface area contributed by atoms with E-state index in [0.717, 1.165) is 37.6 Å².